The standard InChI is InChI=1S/C46H74N2.Ni/c1-5-9-11-12-13-14-15-16-17-18-19-20-21-22-23-24-25-26-27-31-37-46(45(36-10-6-2)47-43-34-29-28-30-35-43)48-44-39-41(32-7-3)38-42(40-44)33-8-4;/h28-31,34-35,37-40H,5-27,32-33,36H2,1-4H3;/b37-31+,47-45+,48-46-;. The first-order chi connectivity index (χ1) is 23.7. The SMILES string of the molecule is CCCCCCCCCCCCCCCCCCCC/C=C/C(=N/c1cc(CCC)cc(CCC)c1)C(/CCCC)=N/c1ccccc1.[Ni]. The van der Waals surface area contributed by atoms with Crippen molar-refractivity contribution in [2.75, 3.05) is 0 Å². The Balaban J connectivity index is 0.0000120. The van der Waals surface area contributed by atoms with Crippen molar-refractivity contribution < 1.29 is 16.5 Å². The topological polar surface area (TPSA) is 24.7 Å². The van der Waals surface area contributed by atoms with Crippen LogP contribution in [0.4, 0.5) is 11.4 Å². The van der Waals surface area contributed by atoms with Crippen molar-refractivity contribution in [2.24, 2.45) is 9.98 Å². The number of hydrogen-bond donors (Lipinski definition) is 0. The van der Waals surface area contributed by atoms with Gasteiger partial charge < -0.3 is 0 Å². The van der Waals surface area contributed by atoms with Crippen LogP contribution in [0.3, 0.4) is 0 Å². The Morgan fingerprint density at radius 3 is 1.43 bits per heavy atom. The minimum atomic E-state index is 0. The third-order valence-electron chi connectivity index (χ3n) is 9.45. The molecule has 0 N–H and O–H groups in total. The van der Waals surface area contributed by atoms with Crippen molar-refractivity contribution >= 4 is 22.8 Å². The molecular formula is C46H74N2Ni. The third kappa shape index (κ3) is 23.2. The van der Waals surface area contributed by atoms with Gasteiger partial charge in [-0.05, 0) is 80.0 Å². The molecule has 0 saturated heterocycles. The van der Waals surface area contributed by atoms with Crippen LogP contribution in [0.5, 0.6) is 0 Å². The van der Waals surface area contributed by atoms with Crippen LogP contribution in [0, 0.1) is 0 Å². The number of hydrogen-bond acceptors (Lipinski definition) is 2. The molecule has 0 amide bonds. The molecule has 0 spiro atoms. The Kier molecular flexibility index (Phi) is 29.4. The summed E-state index contributed by atoms with van der Waals surface area (Å²) >= 11 is 0. The Hall–Kier alpha value is -1.99. The van der Waals surface area contributed by atoms with Gasteiger partial charge in [0.15, 0.2) is 0 Å². The summed E-state index contributed by atoms with van der Waals surface area (Å²) in [5.74, 6) is 0. The molecule has 2 rings (SSSR count). The second-order valence-corrected chi connectivity index (χ2v) is 14.2. The smallest absolute Gasteiger partial charge is 0.0848 e. The van der Waals surface area contributed by atoms with Gasteiger partial charge in [-0.3, -0.25) is 4.99 Å². The van der Waals surface area contributed by atoms with E-state index in [0.29, 0.717) is 0 Å². The summed E-state index contributed by atoms with van der Waals surface area (Å²) in [5, 5.41) is 0. The summed E-state index contributed by atoms with van der Waals surface area (Å²) in [6, 6.07) is 17.4. The first-order valence-corrected chi connectivity index (χ1v) is 20.7. The van der Waals surface area contributed by atoms with E-state index in [1.165, 1.54) is 127 Å². The molecule has 0 saturated carbocycles. The van der Waals surface area contributed by atoms with Gasteiger partial charge in [-0.25, -0.2) is 4.99 Å². The summed E-state index contributed by atoms with van der Waals surface area (Å²) in [6.07, 6.45) is 39.0. The van der Waals surface area contributed by atoms with Crippen LogP contribution in [-0.4, -0.2) is 11.4 Å². The summed E-state index contributed by atoms with van der Waals surface area (Å²) < 4.78 is 0. The molecule has 0 aliphatic carbocycles. The zero-order valence-corrected chi connectivity index (χ0v) is 33.4. The number of benzene rings is 2. The molecule has 0 atom stereocenters. The largest absolute Gasteiger partial charge is 0.251 e. The summed E-state index contributed by atoms with van der Waals surface area (Å²) in [6.45, 7) is 9.09. The summed E-state index contributed by atoms with van der Waals surface area (Å²) in [7, 11) is 0. The van der Waals surface area contributed by atoms with Crippen molar-refractivity contribution in [1.29, 1.82) is 0 Å². The molecule has 0 radical (unpaired) electrons. The van der Waals surface area contributed by atoms with Gasteiger partial charge in [0.05, 0.1) is 22.8 Å². The zero-order valence-electron chi connectivity index (χ0n) is 32.4. The van der Waals surface area contributed by atoms with Crippen molar-refractivity contribution in [3.8, 4) is 0 Å². The van der Waals surface area contributed by atoms with Gasteiger partial charge in [-0.15, -0.1) is 0 Å². The third-order valence-corrected chi connectivity index (χ3v) is 9.45. The molecule has 2 aromatic rings. The average Bonchev–Trinajstić information content (AvgIpc) is 3.09. The number of rotatable bonds is 30. The van der Waals surface area contributed by atoms with Crippen LogP contribution < -0.4 is 0 Å². The molecule has 0 fully saturated rings. The van der Waals surface area contributed by atoms with Gasteiger partial charge in [0.2, 0.25) is 0 Å². The Morgan fingerprint density at radius 2 is 0.959 bits per heavy atom. The number of allylic oxidation sites excluding steroid dienone is 2. The first-order valence-electron chi connectivity index (χ1n) is 20.7. The Morgan fingerprint density at radius 1 is 0.490 bits per heavy atom. The van der Waals surface area contributed by atoms with E-state index in [4.69, 9.17) is 9.98 Å². The van der Waals surface area contributed by atoms with E-state index >= 15 is 0 Å². The predicted octanol–water partition coefficient (Wildman–Crippen LogP) is 15.6. The van der Waals surface area contributed by atoms with E-state index < -0.39 is 0 Å². The maximum Gasteiger partial charge on any atom is 0.0848 e. The summed E-state index contributed by atoms with van der Waals surface area (Å²) in [5.41, 5.74) is 7.04. The van der Waals surface area contributed by atoms with Crippen LogP contribution in [0.25, 0.3) is 0 Å². The van der Waals surface area contributed by atoms with E-state index in [0.717, 1.165) is 74.2 Å². The van der Waals surface area contributed by atoms with Gasteiger partial charge in [-0.1, -0.05) is 186 Å². The minimum Gasteiger partial charge on any atom is -0.251 e. The number of unbranched alkanes of at least 4 members (excludes halogenated alkanes) is 19. The molecule has 49 heavy (non-hydrogen) atoms. The van der Waals surface area contributed by atoms with Gasteiger partial charge in [0.1, 0.15) is 0 Å². The van der Waals surface area contributed by atoms with Crippen LogP contribution >= 0.6 is 0 Å². The maximum atomic E-state index is 5.31. The van der Waals surface area contributed by atoms with Gasteiger partial charge in [-0.2, -0.15) is 0 Å². The maximum absolute atomic E-state index is 5.31. The Bertz CT molecular complexity index is 1110. The average molecular weight is 714 g/mol. The van der Waals surface area contributed by atoms with Crippen molar-refractivity contribution in [3.05, 3.63) is 71.8 Å². The van der Waals surface area contributed by atoms with Crippen LogP contribution in [0.15, 0.2) is 70.7 Å². The molecule has 0 bridgehead atoms. The van der Waals surface area contributed by atoms with Crippen LogP contribution in [0.1, 0.15) is 193 Å². The molecule has 0 heterocycles. The fraction of sp³-hybridized carbons (Fsp3) is 0.652. The second-order valence-electron chi connectivity index (χ2n) is 14.2. The minimum absolute atomic E-state index is 0. The van der Waals surface area contributed by atoms with Gasteiger partial charge in [0, 0.05) is 16.5 Å². The fourth-order valence-corrected chi connectivity index (χ4v) is 6.61. The quantitative estimate of drug-likeness (QED) is 0.0437. The van der Waals surface area contributed by atoms with E-state index in [9.17, 15) is 0 Å². The molecule has 2 aromatic carbocycles. The van der Waals surface area contributed by atoms with Crippen LogP contribution in [-0.2, 0) is 29.3 Å². The molecule has 3 heteroatoms. The van der Waals surface area contributed by atoms with Crippen LogP contribution in [0.2, 0.25) is 0 Å². The monoisotopic (exact) mass is 713 g/mol. The van der Waals surface area contributed by atoms with Crippen molar-refractivity contribution in [1.82, 2.24) is 0 Å². The summed E-state index contributed by atoms with van der Waals surface area (Å²) in [4.78, 5) is 10.5. The van der Waals surface area contributed by atoms with Gasteiger partial charge >= 0.3 is 0 Å². The number of para-hydroxylation sites is 1. The first kappa shape index (κ1) is 45.0. The Labute approximate surface area is 314 Å². The van der Waals surface area contributed by atoms with E-state index in [2.05, 4.69) is 88.4 Å². The second kappa shape index (κ2) is 32.0. The number of nitrogens with zero attached hydrogens (tertiary/aromatic N) is 2. The van der Waals surface area contributed by atoms with Crippen molar-refractivity contribution in [2.45, 2.75) is 195 Å². The number of aryl methyl sites for hydroxylation is 2. The predicted molar refractivity (Wildman–Crippen MR) is 217 cm³/mol. The molecule has 2 nitrogen and oxygen atoms in total. The normalized spacial score (nSPS) is 12.2. The molecule has 0 aliphatic heterocycles. The fourth-order valence-electron chi connectivity index (χ4n) is 6.61. The molecular weight excluding hydrogens is 639 g/mol. The molecule has 0 aliphatic rings. The van der Waals surface area contributed by atoms with Gasteiger partial charge in [0.25, 0.3) is 0 Å². The van der Waals surface area contributed by atoms with Crippen molar-refractivity contribution in [3.63, 3.8) is 0 Å². The molecule has 278 valence electrons. The molecule has 0 aromatic heterocycles. The van der Waals surface area contributed by atoms with E-state index in [1.54, 1.807) is 0 Å². The number of aliphatic imine (C=N–C) groups is 2. The van der Waals surface area contributed by atoms with E-state index in [-0.39, 0.29) is 16.5 Å². The zero-order chi connectivity index (χ0) is 34.3. The van der Waals surface area contributed by atoms with E-state index in [1.807, 2.05) is 0 Å². The molecule has 0 unspecified atom stereocenters.